The number of aryl methyl sites for hydroxylation is 1. The fraction of sp³-hybridized carbons (Fsp3) is 0.396. The lowest BCUT2D eigenvalue weighted by Gasteiger charge is -2.36. The van der Waals surface area contributed by atoms with Gasteiger partial charge in [0.1, 0.15) is 37.3 Å². The smallest absolute Gasteiger partial charge is 0.343 e. The summed E-state index contributed by atoms with van der Waals surface area (Å²) in [5.74, 6) is -8.92. The second-order valence-electron chi connectivity index (χ2n) is 19.3. The number of cyclic esters (lactones) is 1. The molecule has 5 heterocycles. The minimum atomic E-state index is -2.07. The first-order valence-corrected chi connectivity index (χ1v) is 25.2. The summed E-state index contributed by atoms with van der Waals surface area (Å²) in [5.41, 5.74) is 1.69. The molecule has 8 amide bonds. The number of aliphatic hydroxyl groups is 1. The zero-order valence-corrected chi connectivity index (χ0v) is 43.4. The number of halogens is 1. The lowest BCUT2D eigenvalue weighted by atomic mass is 9.81. The monoisotopic (exact) mass is 1090 g/mol. The number of hydrogen-bond donors (Lipinski definition) is 8. The molecule has 0 radical (unpaired) electrons. The summed E-state index contributed by atoms with van der Waals surface area (Å²) in [6, 6.07) is 8.05. The highest BCUT2D eigenvalue weighted by Gasteiger charge is 2.46. The zero-order valence-electron chi connectivity index (χ0n) is 43.4. The molecule has 25 nitrogen and oxygen atoms in total. The van der Waals surface area contributed by atoms with Crippen molar-refractivity contribution in [3.05, 3.63) is 110 Å². The minimum Gasteiger partial charge on any atom is -0.480 e. The zero-order chi connectivity index (χ0) is 57.0. The molecule has 2 aromatic heterocycles. The van der Waals surface area contributed by atoms with Crippen LogP contribution in [0.25, 0.3) is 22.3 Å². The number of hydrogen-bond acceptors (Lipinski definition) is 16. The first kappa shape index (κ1) is 56.5. The highest BCUT2D eigenvalue weighted by atomic mass is 19.1. The molecule has 0 fully saturated rings. The predicted octanol–water partition coefficient (Wildman–Crippen LogP) is -1.50. The van der Waals surface area contributed by atoms with Crippen LogP contribution in [0.15, 0.2) is 59.4 Å². The molecule has 5 atom stereocenters. The number of fused-ring (bicyclic) bond motifs is 5. The van der Waals surface area contributed by atoms with Gasteiger partial charge in [-0.1, -0.05) is 37.3 Å². The Labute approximate surface area is 449 Å². The standard InChI is InChI=1S/C53H57FN10O15/c1-5-53(77)32-16-37-47-30(23-63(37)51(75)31(32)24-78-52(53)76)46-36(12-11-29-26(2)33(54)17-34(61-47)45(29)46)62(4)50(74)27(3)79-25-59-40(66)20-57-48(72)35(15-28-9-7-6-8-10-28)60-41(67)21-56-39(65)19-58-49(73)38(18-55-22-44(70)71)64-42(68)13-14-43(64)69/h6-10,13-14,16-17,27,35-36,38,55,77H,5,11-12,15,18-25H2,1-4H3,(H,56,65)(H,57,72)(H,58,73)(H,59,66)(H,60,67)(H,70,71)/t27-,35+,36+,38?,53+/m1/s1. The quantitative estimate of drug-likeness (QED) is 0.0222. The van der Waals surface area contributed by atoms with Crippen LogP contribution < -0.4 is 37.5 Å². The van der Waals surface area contributed by atoms with E-state index in [9.17, 15) is 57.8 Å². The number of amides is 8. The van der Waals surface area contributed by atoms with E-state index in [4.69, 9.17) is 19.6 Å². The van der Waals surface area contributed by atoms with E-state index in [2.05, 4.69) is 31.9 Å². The van der Waals surface area contributed by atoms with Gasteiger partial charge >= 0.3 is 11.9 Å². The molecular formula is C53H57FN10O15. The van der Waals surface area contributed by atoms with Gasteiger partial charge in [0.05, 0.1) is 61.2 Å². The maximum Gasteiger partial charge on any atom is 0.343 e. The van der Waals surface area contributed by atoms with E-state index in [-0.39, 0.29) is 37.1 Å². The molecule has 1 aliphatic carbocycles. The molecule has 8 N–H and O–H groups in total. The molecule has 3 aliphatic heterocycles. The molecule has 2 aromatic carbocycles. The van der Waals surface area contributed by atoms with Gasteiger partial charge in [-0.2, -0.15) is 0 Å². The number of carbonyl (C=O) groups excluding carboxylic acids is 9. The summed E-state index contributed by atoms with van der Waals surface area (Å²) in [6.07, 6.45) is 1.38. The van der Waals surface area contributed by atoms with Crippen LogP contribution in [0.5, 0.6) is 0 Å². The number of imide groups is 1. The third-order valence-electron chi connectivity index (χ3n) is 14.4. The van der Waals surface area contributed by atoms with Crippen LogP contribution in [0, 0.1) is 12.7 Å². The Kier molecular flexibility index (Phi) is 16.8. The molecule has 1 unspecified atom stereocenters. The Balaban J connectivity index is 0.862. The van der Waals surface area contributed by atoms with Crippen LogP contribution in [-0.2, 0) is 89.0 Å². The van der Waals surface area contributed by atoms with Crippen molar-refractivity contribution in [1.82, 2.24) is 51.3 Å². The summed E-state index contributed by atoms with van der Waals surface area (Å²) in [5, 5.41) is 35.4. The number of carbonyl (C=O) groups is 10. The van der Waals surface area contributed by atoms with E-state index < -0.39 is 140 Å². The number of aromatic nitrogens is 2. The number of benzene rings is 2. The first-order chi connectivity index (χ1) is 37.6. The molecule has 8 rings (SSSR count). The summed E-state index contributed by atoms with van der Waals surface area (Å²) >= 11 is 0. The van der Waals surface area contributed by atoms with E-state index in [1.165, 1.54) is 22.5 Å². The van der Waals surface area contributed by atoms with Crippen molar-refractivity contribution in [2.75, 3.05) is 46.5 Å². The van der Waals surface area contributed by atoms with Gasteiger partial charge in [-0.05, 0) is 61.4 Å². The van der Waals surface area contributed by atoms with Crippen LogP contribution in [0.4, 0.5) is 4.39 Å². The maximum absolute atomic E-state index is 15.5. The second-order valence-corrected chi connectivity index (χ2v) is 19.3. The predicted molar refractivity (Wildman–Crippen MR) is 273 cm³/mol. The van der Waals surface area contributed by atoms with Gasteiger partial charge in [-0.25, -0.2) is 14.2 Å². The van der Waals surface area contributed by atoms with Gasteiger partial charge in [0.15, 0.2) is 5.60 Å². The van der Waals surface area contributed by atoms with Crippen LogP contribution in [0.1, 0.15) is 71.7 Å². The molecule has 0 saturated carbocycles. The molecule has 79 heavy (non-hydrogen) atoms. The number of ether oxygens (including phenoxy) is 2. The van der Waals surface area contributed by atoms with Crippen molar-refractivity contribution >= 4 is 70.1 Å². The highest BCUT2D eigenvalue weighted by molar-refractivity contribution is 6.15. The van der Waals surface area contributed by atoms with E-state index in [1.54, 1.807) is 57.3 Å². The Morgan fingerprint density at radius 3 is 2.25 bits per heavy atom. The third kappa shape index (κ3) is 11.6. The van der Waals surface area contributed by atoms with Gasteiger partial charge in [0, 0.05) is 54.7 Å². The second kappa shape index (κ2) is 23.5. The number of nitrogens with one attached hydrogen (secondary N) is 6. The minimum absolute atomic E-state index is 0.0346. The molecule has 4 aromatic rings. The summed E-state index contributed by atoms with van der Waals surface area (Å²) < 4.78 is 28.0. The summed E-state index contributed by atoms with van der Waals surface area (Å²) in [6.45, 7) is 0.993. The average molecular weight is 1090 g/mol. The Hall–Kier alpha value is -8.75. The molecular weight excluding hydrogens is 1040 g/mol. The van der Waals surface area contributed by atoms with Gasteiger partial charge in [0.25, 0.3) is 23.3 Å². The van der Waals surface area contributed by atoms with Crippen LogP contribution in [0.3, 0.4) is 0 Å². The number of aliphatic carboxylic acids is 1. The molecule has 416 valence electrons. The van der Waals surface area contributed by atoms with Crippen molar-refractivity contribution in [3.8, 4) is 11.4 Å². The van der Waals surface area contributed by atoms with E-state index >= 15 is 4.39 Å². The van der Waals surface area contributed by atoms with Gasteiger partial charge in [-0.15, -0.1) is 0 Å². The fourth-order valence-electron chi connectivity index (χ4n) is 10.2. The van der Waals surface area contributed by atoms with Crippen molar-refractivity contribution < 1.29 is 72.0 Å². The van der Waals surface area contributed by atoms with Crippen molar-refractivity contribution in [1.29, 1.82) is 0 Å². The number of nitrogens with zero attached hydrogens (tertiary/aromatic N) is 4. The topological polar surface area (TPSA) is 343 Å². The lowest BCUT2D eigenvalue weighted by molar-refractivity contribution is -0.172. The maximum atomic E-state index is 15.5. The fourth-order valence-corrected chi connectivity index (χ4v) is 10.2. The Morgan fingerprint density at radius 2 is 1.57 bits per heavy atom. The van der Waals surface area contributed by atoms with Crippen molar-refractivity contribution in [2.24, 2.45) is 0 Å². The van der Waals surface area contributed by atoms with E-state index in [1.807, 2.05) is 0 Å². The van der Waals surface area contributed by atoms with Crippen molar-refractivity contribution in [3.63, 3.8) is 0 Å². The Morgan fingerprint density at radius 1 is 0.899 bits per heavy atom. The number of carboxylic acid groups (broad SMARTS) is 1. The molecule has 26 heteroatoms. The Bertz CT molecular complexity index is 3290. The van der Waals surface area contributed by atoms with Gasteiger partial charge in [-0.3, -0.25) is 52.8 Å². The third-order valence-corrected chi connectivity index (χ3v) is 14.4. The van der Waals surface area contributed by atoms with E-state index in [0.717, 1.165) is 12.2 Å². The van der Waals surface area contributed by atoms with Crippen molar-refractivity contribution in [2.45, 2.75) is 89.4 Å². The molecule has 0 bridgehead atoms. The number of pyridine rings is 2. The molecule has 0 spiro atoms. The number of esters is 1. The number of rotatable bonds is 22. The lowest BCUT2D eigenvalue weighted by Crippen LogP contribution is -2.56. The van der Waals surface area contributed by atoms with Gasteiger partial charge < -0.3 is 61.1 Å². The number of carboxylic acids is 1. The van der Waals surface area contributed by atoms with Gasteiger partial charge in [0.2, 0.25) is 29.5 Å². The first-order valence-electron chi connectivity index (χ1n) is 25.2. The highest BCUT2D eigenvalue weighted by Crippen LogP contribution is 2.47. The number of likely N-dealkylation sites (N-methyl/N-ethyl adjacent to an activating group) is 1. The summed E-state index contributed by atoms with van der Waals surface area (Å²) in [4.78, 5) is 149. The van der Waals surface area contributed by atoms with Crippen LogP contribution >= 0.6 is 0 Å². The van der Waals surface area contributed by atoms with Crippen LogP contribution in [-0.4, -0.2) is 153 Å². The normalized spacial score (nSPS) is 17.9. The molecule has 4 aliphatic rings. The summed E-state index contributed by atoms with van der Waals surface area (Å²) in [7, 11) is 1.59. The largest absolute Gasteiger partial charge is 0.480 e. The SMILES string of the molecule is CC[C@@]1(O)C(=O)OCc2c1cc1n(c2=O)Cc2c-1nc1cc(F)c(C)c3c1c2[C@@H](N(C)C(=O)[C@@H](C)OCNC(=O)CNC(=O)[C@H](Cc1ccccc1)NC(=O)CNC(=O)CNC(=O)C(CNCC(=O)O)N1C(=O)C=CC1=O)CC3. The van der Waals surface area contributed by atoms with Crippen LogP contribution in [0.2, 0.25) is 0 Å². The molecule has 0 saturated heterocycles. The average Bonchev–Trinajstić information content (AvgIpc) is 4.19. The van der Waals surface area contributed by atoms with E-state index in [0.29, 0.717) is 67.8 Å².